The van der Waals surface area contributed by atoms with Gasteiger partial charge in [-0.15, -0.1) is 0 Å². The van der Waals surface area contributed by atoms with Gasteiger partial charge in [0.15, 0.2) is 0 Å². The van der Waals surface area contributed by atoms with Gasteiger partial charge >= 0.3 is 11.7 Å². The Bertz CT molecular complexity index is 650. The zero-order chi connectivity index (χ0) is 17.6. The third-order valence-corrected chi connectivity index (χ3v) is 3.00. The number of benzene rings is 1. The Kier molecular flexibility index (Phi) is 6.19. The van der Waals surface area contributed by atoms with Crippen molar-refractivity contribution in [3.05, 3.63) is 45.2 Å². The first kappa shape index (κ1) is 18.1. The molecular weight excluding hydrogens is 308 g/mol. The van der Waals surface area contributed by atoms with Crippen molar-refractivity contribution in [3.63, 3.8) is 0 Å². The molecule has 1 unspecified atom stereocenters. The van der Waals surface area contributed by atoms with Crippen LogP contribution in [0.25, 0.3) is 0 Å². The van der Waals surface area contributed by atoms with Crippen LogP contribution < -0.4 is 0 Å². The van der Waals surface area contributed by atoms with E-state index in [0.29, 0.717) is 0 Å². The van der Waals surface area contributed by atoms with E-state index in [1.807, 2.05) is 0 Å². The SMILES string of the molecule is CCOC(=O)/C(C(CC(C)=O)c1cccc([N+](=O)[O-])c1)=[N+](\[O-])O. The molecule has 0 heterocycles. The van der Waals surface area contributed by atoms with E-state index in [-0.39, 0.29) is 30.1 Å². The first-order chi connectivity index (χ1) is 10.8. The number of non-ortho nitro benzene ring substituents is 1. The lowest BCUT2D eigenvalue weighted by Crippen LogP contribution is -2.32. The van der Waals surface area contributed by atoms with Crippen LogP contribution in [0.1, 0.15) is 31.7 Å². The lowest BCUT2D eigenvalue weighted by molar-refractivity contribution is -0.726. The first-order valence-corrected chi connectivity index (χ1v) is 6.71. The molecule has 124 valence electrons. The number of nitro benzene ring substituents is 1. The van der Waals surface area contributed by atoms with Crippen molar-refractivity contribution >= 4 is 23.2 Å². The van der Waals surface area contributed by atoms with Gasteiger partial charge in [0.25, 0.3) is 5.69 Å². The largest absolute Gasteiger partial charge is 0.458 e. The Hall–Kier alpha value is -2.97. The maximum absolute atomic E-state index is 11.9. The smallest absolute Gasteiger partial charge is 0.405 e. The van der Waals surface area contributed by atoms with Crippen molar-refractivity contribution in [2.45, 2.75) is 26.2 Å². The van der Waals surface area contributed by atoms with Crippen LogP contribution in [0.15, 0.2) is 24.3 Å². The van der Waals surface area contributed by atoms with Crippen LogP contribution in [-0.2, 0) is 14.3 Å². The monoisotopic (exact) mass is 324 g/mol. The van der Waals surface area contributed by atoms with Crippen molar-refractivity contribution in [1.82, 2.24) is 0 Å². The molecule has 9 nitrogen and oxygen atoms in total. The van der Waals surface area contributed by atoms with Gasteiger partial charge in [-0.2, -0.15) is 0 Å². The van der Waals surface area contributed by atoms with Crippen LogP contribution in [0.5, 0.6) is 0 Å². The van der Waals surface area contributed by atoms with E-state index in [9.17, 15) is 30.1 Å². The van der Waals surface area contributed by atoms with E-state index in [0.717, 1.165) is 6.07 Å². The summed E-state index contributed by atoms with van der Waals surface area (Å²) in [6.07, 6.45) is -0.297. The van der Waals surface area contributed by atoms with E-state index in [2.05, 4.69) is 0 Å². The normalized spacial score (nSPS) is 13.0. The average molecular weight is 324 g/mol. The predicted molar refractivity (Wildman–Crippen MR) is 78.2 cm³/mol. The van der Waals surface area contributed by atoms with E-state index in [1.165, 1.54) is 32.0 Å². The second-order valence-electron chi connectivity index (χ2n) is 4.69. The lowest BCUT2D eigenvalue weighted by atomic mass is 9.89. The van der Waals surface area contributed by atoms with Crippen LogP contribution in [0.2, 0.25) is 0 Å². The summed E-state index contributed by atoms with van der Waals surface area (Å²) in [7, 11) is 0. The zero-order valence-corrected chi connectivity index (χ0v) is 12.6. The fraction of sp³-hybridized carbons (Fsp3) is 0.357. The molecule has 0 fully saturated rings. The summed E-state index contributed by atoms with van der Waals surface area (Å²) in [6.45, 7) is 2.70. The summed E-state index contributed by atoms with van der Waals surface area (Å²) in [4.78, 5) is 32.9. The number of hydrogen-bond donors (Lipinski definition) is 1. The summed E-state index contributed by atoms with van der Waals surface area (Å²) < 4.78 is 4.70. The Balaban J connectivity index is 3.41. The van der Waals surface area contributed by atoms with Crippen molar-refractivity contribution in [2.24, 2.45) is 0 Å². The average Bonchev–Trinajstić information content (AvgIpc) is 2.46. The summed E-state index contributed by atoms with van der Waals surface area (Å²) in [5.74, 6) is -2.62. The highest BCUT2D eigenvalue weighted by molar-refractivity contribution is 6.36. The molecular formula is C14H16N2O7. The summed E-state index contributed by atoms with van der Waals surface area (Å²) >= 11 is 0. The predicted octanol–water partition coefficient (Wildman–Crippen LogP) is 1.56. The number of carbonyl (C=O) groups excluding carboxylic acids is 2. The van der Waals surface area contributed by atoms with Gasteiger partial charge < -0.3 is 9.94 Å². The third-order valence-electron chi connectivity index (χ3n) is 3.00. The minimum absolute atomic E-state index is 0.0437. The minimum atomic E-state index is -1.16. The molecule has 0 amide bonds. The fourth-order valence-electron chi connectivity index (χ4n) is 2.07. The molecule has 0 radical (unpaired) electrons. The molecule has 0 bridgehead atoms. The second-order valence-corrected chi connectivity index (χ2v) is 4.69. The maximum atomic E-state index is 11.9. The molecule has 1 atom stereocenters. The highest BCUT2D eigenvalue weighted by Gasteiger charge is 2.36. The zero-order valence-electron chi connectivity index (χ0n) is 12.6. The van der Waals surface area contributed by atoms with E-state index in [4.69, 9.17) is 4.74 Å². The molecule has 0 aliphatic carbocycles. The number of ether oxygens (including phenoxy) is 1. The number of esters is 1. The van der Waals surface area contributed by atoms with Crippen LogP contribution in [0.4, 0.5) is 5.69 Å². The Labute approximate surface area is 131 Å². The van der Waals surface area contributed by atoms with Crippen LogP contribution in [-0.4, -0.2) is 39.1 Å². The van der Waals surface area contributed by atoms with Gasteiger partial charge in [0.05, 0.1) is 17.4 Å². The molecule has 1 aromatic rings. The van der Waals surface area contributed by atoms with Gasteiger partial charge in [0, 0.05) is 23.5 Å². The van der Waals surface area contributed by atoms with Crippen molar-refractivity contribution < 1.29 is 29.4 Å². The van der Waals surface area contributed by atoms with Gasteiger partial charge in [0.2, 0.25) is 0 Å². The highest BCUT2D eigenvalue weighted by Crippen LogP contribution is 2.26. The van der Waals surface area contributed by atoms with E-state index >= 15 is 0 Å². The van der Waals surface area contributed by atoms with Crippen LogP contribution >= 0.6 is 0 Å². The fourth-order valence-corrected chi connectivity index (χ4v) is 2.07. The number of nitrogens with zero attached hydrogens (tertiary/aromatic N) is 2. The molecule has 23 heavy (non-hydrogen) atoms. The van der Waals surface area contributed by atoms with Gasteiger partial charge in [0.1, 0.15) is 5.78 Å². The molecule has 0 saturated carbocycles. The Morgan fingerprint density at radius 1 is 1.35 bits per heavy atom. The van der Waals surface area contributed by atoms with E-state index in [1.54, 1.807) is 0 Å². The molecule has 0 aliphatic rings. The molecule has 0 spiro atoms. The Morgan fingerprint density at radius 3 is 2.48 bits per heavy atom. The summed E-state index contributed by atoms with van der Waals surface area (Å²) in [6, 6.07) is 5.14. The number of Topliss-reactive ketones (excluding diaryl/α,β-unsaturated/α-hetero) is 1. The standard InChI is InChI=1S/C14H16N2O7/c1-3-23-14(18)13(16(21)22)12(7-9(2)17)10-5-4-6-11(8-10)15(19)20/h4-6,8,12H,3,7H2,1-2H3,(H,21,22). The number of nitro groups is 1. The van der Waals surface area contributed by atoms with Gasteiger partial charge in [-0.25, -0.2) is 4.79 Å². The van der Waals surface area contributed by atoms with Gasteiger partial charge in [-0.1, -0.05) is 12.1 Å². The molecule has 9 heteroatoms. The summed E-state index contributed by atoms with van der Waals surface area (Å²) in [5.41, 5.74) is -0.801. The molecule has 1 N–H and O–H groups in total. The first-order valence-electron chi connectivity index (χ1n) is 6.71. The molecule has 0 saturated heterocycles. The number of ketones is 1. The van der Waals surface area contributed by atoms with Crippen molar-refractivity contribution in [2.75, 3.05) is 6.61 Å². The molecule has 1 aromatic carbocycles. The molecule has 0 aromatic heterocycles. The van der Waals surface area contributed by atoms with E-state index < -0.39 is 27.4 Å². The van der Waals surface area contributed by atoms with Crippen molar-refractivity contribution in [3.8, 4) is 0 Å². The number of rotatable bonds is 7. The molecule has 1 rings (SSSR count). The molecule has 0 aliphatic heterocycles. The van der Waals surface area contributed by atoms with Crippen molar-refractivity contribution in [1.29, 1.82) is 0 Å². The number of carbonyl (C=O) groups is 2. The van der Waals surface area contributed by atoms with Gasteiger partial charge in [-0.3, -0.25) is 20.1 Å². The Morgan fingerprint density at radius 2 is 2.00 bits per heavy atom. The summed E-state index contributed by atoms with van der Waals surface area (Å²) in [5, 5.41) is 31.4. The van der Waals surface area contributed by atoms with Gasteiger partial charge in [-0.05, 0) is 19.4 Å². The highest BCUT2D eigenvalue weighted by atomic mass is 16.8. The lowest BCUT2D eigenvalue weighted by Gasteiger charge is -2.14. The second kappa shape index (κ2) is 7.87. The topological polar surface area (TPSA) is 133 Å². The maximum Gasteiger partial charge on any atom is 0.405 e. The quantitative estimate of drug-likeness (QED) is 0.201. The van der Waals surface area contributed by atoms with Crippen LogP contribution in [0, 0.1) is 15.3 Å². The number of hydrogen-bond acceptors (Lipinski definition) is 7. The van der Waals surface area contributed by atoms with Crippen LogP contribution in [0.3, 0.4) is 0 Å². The third kappa shape index (κ3) is 4.77. The minimum Gasteiger partial charge on any atom is -0.458 e.